The van der Waals surface area contributed by atoms with E-state index in [0.29, 0.717) is 0 Å². The van der Waals surface area contributed by atoms with Crippen LogP contribution in [-0.2, 0) is 5.54 Å². The summed E-state index contributed by atoms with van der Waals surface area (Å²) < 4.78 is 3.50. The largest absolute Gasteiger partial charge is 0.464 e. The predicted octanol–water partition coefficient (Wildman–Crippen LogP) is 6.21. The third-order valence-corrected chi connectivity index (χ3v) is 4.48. The first-order valence-corrected chi connectivity index (χ1v) is 8.84. The lowest BCUT2D eigenvalue weighted by atomic mass is 10.1. The van der Waals surface area contributed by atoms with Gasteiger partial charge in [-0.25, -0.2) is 4.79 Å². The zero-order chi connectivity index (χ0) is 19.6. The van der Waals surface area contributed by atoms with Gasteiger partial charge in [0.15, 0.2) is 0 Å². The molecule has 0 saturated carbocycles. The molecule has 4 heteroatoms. The molecule has 0 saturated heterocycles. The summed E-state index contributed by atoms with van der Waals surface area (Å²) in [6, 6.07) is 17.8. The van der Waals surface area contributed by atoms with Crippen LogP contribution in [0.4, 0.5) is 4.79 Å². The second-order valence-corrected chi connectivity index (χ2v) is 7.41. The summed E-state index contributed by atoms with van der Waals surface area (Å²) in [5.41, 5.74) is 3.32. The Hall–Kier alpha value is -3.27. The van der Waals surface area contributed by atoms with Crippen molar-refractivity contribution in [1.82, 2.24) is 9.13 Å². The molecular formula is C23H24N2O2. The number of carboxylic acid groups (broad SMARTS) is 1. The molecule has 1 N–H and O–H groups in total. The van der Waals surface area contributed by atoms with Crippen molar-refractivity contribution < 1.29 is 9.90 Å². The first-order chi connectivity index (χ1) is 12.8. The summed E-state index contributed by atoms with van der Waals surface area (Å²) in [7, 11) is 0. The smallest absolute Gasteiger partial charge is 0.415 e. The summed E-state index contributed by atoms with van der Waals surface area (Å²) in [6.45, 7) is 10.4. The van der Waals surface area contributed by atoms with E-state index < -0.39 is 6.09 Å². The molecule has 4 aromatic rings. The SMILES string of the molecule is C=Cc1ccc2c(ccn2C(C)(C)C)c1.O=C(O)n1ccc2ccccc21. The van der Waals surface area contributed by atoms with Gasteiger partial charge in [-0.1, -0.05) is 36.9 Å². The van der Waals surface area contributed by atoms with Crippen LogP contribution in [0.3, 0.4) is 0 Å². The van der Waals surface area contributed by atoms with Crippen molar-refractivity contribution in [3.8, 4) is 0 Å². The molecule has 4 nitrogen and oxygen atoms in total. The lowest BCUT2D eigenvalue weighted by Crippen LogP contribution is -2.20. The predicted molar refractivity (Wildman–Crippen MR) is 112 cm³/mol. The van der Waals surface area contributed by atoms with Gasteiger partial charge < -0.3 is 9.67 Å². The Balaban J connectivity index is 0.000000159. The van der Waals surface area contributed by atoms with Gasteiger partial charge in [-0.05, 0) is 56.7 Å². The molecule has 0 spiro atoms. The molecule has 2 heterocycles. The van der Waals surface area contributed by atoms with Gasteiger partial charge in [-0.15, -0.1) is 0 Å². The maximum atomic E-state index is 10.6. The highest BCUT2D eigenvalue weighted by Crippen LogP contribution is 2.24. The van der Waals surface area contributed by atoms with Crippen LogP contribution in [0.1, 0.15) is 26.3 Å². The summed E-state index contributed by atoms with van der Waals surface area (Å²) in [4.78, 5) is 10.6. The molecule has 0 unspecified atom stereocenters. The highest BCUT2D eigenvalue weighted by Gasteiger charge is 2.14. The quantitative estimate of drug-likeness (QED) is 0.439. The normalized spacial score (nSPS) is 11.2. The number of carbonyl (C=O) groups is 1. The average Bonchev–Trinajstić information content (AvgIpc) is 3.25. The van der Waals surface area contributed by atoms with E-state index in [1.54, 1.807) is 18.3 Å². The summed E-state index contributed by atoms with van der Waals surface area (Å²) in [6.07, 6.45) is 4.63. The molecule has 0 radical (unpaired) electrons. The summed E-state index contributed by atoms with van der Waals surface area (Å²) in [5.74, 6) is 0. The number of nitrogens with zero attached hydrogens (tertiary/aromatic N) is 2. The van der Waals surface area contributed by atoms with E-state index in [0.717, 1.165) is 10.9 Å². The van der Waals surface area contributed by atoms with Crippen molar-refractivity contribution in [2.24, 2.45) is 0 Å². The molecule has 2 aromatic carbocycles. The third kappa shape index (κ3) is 3.80. The number of aromatic nitrogens is 2. The van der Waals surface area contributed by atoms with Crippen molar-refractivity contribution in [1.29, 1.82) is 0 Å². The van der Waals surface area contributed by atoms with E-state index in [4.69, 9.17) is 5.11 Å². The van der Waals surface area contributed by atoms with Crippen molar-refractivity contribution in [3.63, 3.8) is 0 Å². The highest BCUT2D eigenvalue weighted by atomic mass is 16.4. The van der Waals surface area contributed by atoms with E-state index in [1.807, 2.05) is 24.3 Å². The Morgan fingerprint density at radius 2 is 1.67 bits per heavy atom. The van der Waals surface area contributed by atoms with Crippen LogP contribution in [0.2, 0.25) is 0 Å². The molecule has 0 atom stereocenters. The maximum Gasteiger partial charge on any atom is 0.415 e. The molecule has 27 heavy (non-hydrogen) atoms. The first-order valence-electron chi connectivity index (χ1n) is 8.84. The van der Waals surface area contributed by atoms with Gasteiger partial charge in [0, 0.05) is 34.2 Å². The first kappa shape index (κ1) is 18.5. The number of benzene rings is 2. The van der Waals surface area contributed by atoms with Gasteiger partial charge >= 0.3 is 6.09 Å². The average molecular weight is 360 g/mol. The van der Waals surface area contributed by atoms with Crippen LogP contribution < -0.4 is 0 Å². The molecule has 138 valence electrons. The highest BCUT2D eigenvalue weighted by molar-refractivity contribution is 5.88. The lowest BCUT2D eigenvalue weighted by molar-refractivity contribution is 0.197. The second-order valence-electron chi connectivity index (χ2n) is 7.41. The number of para-hydroxylation sites is 1. The van der Waals surface area contributed by atoms with Crippen molar-refractivity contribution in [3.05, 3.63) is 79.1 Å². The van der Waals surface area contributed by atoms with E-state index >= 15 is 0 Å². The van der Waals surface area contributed by atoms with Crippen LogP contribution in [0.15, 0.2) is 73.6 Å². The maximum absolute atomic E-state index is 10.6. The Labute approximate surface area is 159 Å². The van der Waals surface area contributed by atoms with Crippen LogP contribution in [-0.4, -0.2) is 20.3 Å². The number of fused-ring (bicyclic) bond motifs is 2. The van der Waals surface area contributed by atoms with Crippen molar-refractivity contribution in [2.45, 2.75) is 26.3 Å². The van der Waals surface area contributed by atoms with Gasteiger partial charge in [0.1, 0.15) is 0 Å². The lowest BCUT2D eigenvalue weighted by Gasteiger charge is -2.22. The second kappa shape index (κ2) is 7.16. The van der Waals surface area contributed by atoms with Gasteiger partial charge in [0.2, 0.25) is 0 Å². The third-order valence-electron chi connectivity index (χ3n) is 4.48. The topological polar surface area (TPSA) is 47.2 Å². The van der Waals surface area contributed by atoms with E-state index in [2.05, 4.69) is 62.4 Å². The molecule has 2 aromatic heterocycles. The van der Waals surface area contributed by atoms with Crippen molar-refractivity contribution >= 4 is 34.0 Å². The molecule has 0 fully saturated rings. The zero-order valence-corrected chi connectivity index (χ0v) is 15.9. The van der Waals surface area contributed by atoms with E-state index in [-0.39, 0.29) is 5.54 Å². The van der Waals surface area contributed by atoms with Gasteiger partial charge in [0.05, 0.1) is 5.52 Å². The van der Waals surface area contributed by atoms with Crippen LogP contribution in [0, 0.1) is 0 Å². The monoisotopic (exact) mass is 360 g/mol. The molecule has 0 aliphatic rings. The zero-order valence-electron chi connectivity index (χ0n) is 15.9. The Morgan fingerprint density at radius 1 is 0.963 bits per heavy atom. The fourth-order valence-electron chi connectivity index (χ4n) is 3.12. The minimum Gasteiger partial charge on any atom is -0.464 e. The number of hydrogen-bond donors (Lipinski definition) is 1. The number of hydrogen-bond acceptors (Lipinski definition) is 1. The minimum absolute atomic E-state index is 0.136. The molecule has 0 amide bonds. The summed E-state index contributed by atoms with van der Waals surface area (Å²) in [5, 5.41) is 11.0. The molecular weight excluding hydrogens is 336 g/mol. The van der Waals surface area contributed by atoms with Crippen LogP contribution in [0.25, 0.3) is 27.9 Å². The fourth-order valence-corrected chi connectivity index (χ4v) is 3.12. The Kier molecular flexibility index (Phi) is 4.91. The van der Waals surface area contributed by atoms with E-state index in [1.165, 1.54) is 21.0 Å². The Bertz CT molecular complexity index is 1110. The molecule has 4 rings (SSSR count). The number of rotatable bonds is 1. The van der Waals surface area contributed by atoms with Crippen LogP contribution in [0.5, 0.6) is 0 Å². The minimum atomic E-state index is -0.948. The van der Waals surface area contributed by atoms with Crippen molar-refractivity contribution in [2.75, 3.05) is 0 Å². The standard InChI is InChI=1S/C14H17N.C9H7NO2/c1-5-11-6-7-13-12(10-11)8-9-15(13)14(2,3)4;11-9(12)10-6-5-7-3-1-2-4-8(7)10/h5-10H,1H2,2-4H3;1-6H,(H,11,12). The van der Waals surface area contributed by atoms with Gasteiger partial charge in [0.25, 0.3) is 0 Å². The van der Waals surface area contributed by atoms with Gasteiger partial charge in [-0.3, -0.25) is 4.57 Å². The summed E-state index contributed by atoms with van der Waals surface area (Å²) >= 11 is 0. The van der Waals surface area contributed by atoms with Gasteiger partial charge in [-0.2, -0.15) is 0 Å². The molecule has 0 bridgehead atoms. The van der Waals surface area contributed by atoms with Crippen LogP contribution >= 0.6 is 0 Å². The molecule has 0 aliphatic heterocycles. The fraction of sp³-hybridized carbons (Fsp3) is 0.174. The Morgan fingerprint density at radius 3 is 2.33 bits per heavy atom. The van der Waals surface area contributed by atoms with E-state index in [9.17, 15) is 4.79 Å². The molecule has 0 aliphatic carbocycles.